The number of ether oxygens (including phenoxy) is 1. The SMILES string of the molecule is CCc1cccnc1Cn1c(=S)[nH]c2c(OC)cccc21. The molecule has 108 valence electrons. The Kier molecular flexibility index (Phi) is 3.75. The third-order valence-electron chi connectivity index (χ3n) is 3.67. The molecule has 2 heterocycles. The number of pyridine rings is 1. The average molecular weight is 299 g/mol. The van der Waals surface area contributed by atoms with Crippen LogP contribution in [0.5, 0.6) is 5.75 Å². The van der Waals surface area contributed by atoms with Crippen molar-refractivity contribution in [3.8, 4) is 5.75 Å². The van der Waals surface area contributed by atoms with Gasteiger partial charge in [0.25, 0.3) is 0 Å². The minimum absolute atomic E-state index is 0.663. The number of methoxy groups -OCH3 is 1. The minimum Gasteiger partial charge on any atom is -0.494 e. The standard InChI is InChI=1S/C16H17N3OS/c1-3-11-6-5-9-17-12(11)10-19-13-7-4-8-14(20-2)15(13)18-16(19)21/h4-9H,3,10H2,1-2H3,(H,18,21). The summed E-state index contributed by atoms with van der Waals surface area (Å²) in [4.78, 5) is 7.73. The molecule has 0 aliphatic rings. The maximum Gasteiger partial charge on any atom is 0.178 e. The molecule has 0 amide bonds. The van der Waals surface area contributed by atoms with Gasteiger partial charge in [-0.2, -0.15) is 0 Å². The highest BCUT2D eigenvalue weighted by Gasteiger charge is 2.11. The topological polar surface area (TPSA) is 42.8 Å². The predicted molar refractivity (Wildman–Crippen MR) is 86.4 cm³/mol. The summed E-state index contributed by atoms with van der Waals surface area (Å²) in [6.07, 6.45) is 2.79. The molecule has 0 saturated carbocycles. The van der Waals surface area contributed by atoms with Gasteiger partial charge in [-0.15, -0.1) is 0 Å². The number of nitrogens with one attached hydrogen (secondary N) is 1. The Morgan fingerprint density at radius 2 is 2.14 bits per heavy atom. The number of hydrogen-bond acceptors (Lipinski definition) is 3. The lowest BCUT2D eigenvalue weighted by Gasteiger charge is -2.08. The Balaban J connectivity index is 2.13. The molecule has 0 radical (unpaired) electrons. The first-order valence-electron chi connectivity index (χ1n) is 6.93. The van der Waals surface area contributed by atoms with Crippen molar-refractivity contribution < 1.29 is 4.74 Å². The molecule has 3 aromatic rings. The fourth-order valence-corrected chi connectivity index (χ4v) is 2.83. The molecule has 0 atom stereocenters. The molecule has 0 spiro atoms. The van der Waals surface area contributed by atoms with Crippen LogP contribution in [0.15, 0.2) is 36.5 Å². The molecule has 21 heavy (non-hydrogen) atoms. The van der Waals surface area contributed by atoms with Crippen LogP contribution >= 0.6 is 12.2 Å². The van der Waals surface area contributed by atoms with E-state index in [1.165, 1.54) is 5.56 Å². The summed E-state index contributed by atoms with van der Waals surface area (Å²) in [6, 6.07) is 10.0. The molecule has 0 saturated heterocycles. The monoisotopic (exact) mass is 299 g/mol. The van der Waals surface area contributed by atoms with Crippen LogP contribution in [-0.2, 0) is 13.0 Å². The van der Waals surface area contributed by atoms with Crippen molar-refractivity contribution in [1.29, 1.82) is 0 Å². The van der Waals surface area contributed by atoms with Gasteiger partial charge in [0.05, 0.1) is 24.9 Å². The number of nitrogens with zero attached hydrogens (tertiary/aromatic N) is 2. The second-order valence-electron chi connectivity index (χ2n) is 4.83. The van der Waals surface area contributed by atoms with Crippen LogP contribution in [-0.4, -0.2) is 21.6 Å². The highest BCUT2D eigenvalue weighted by molar-refractivity contribution is 7.71. The first-order valence-corrected chi connectivity index (χ1v) is 7.33. The third-order valence-corrected chi connectivity index (χ3v) is 3.99. The van der Waals surface area contributed by atoms with Crippen molar-refractivity contribution >= 4 is 23.3 Å². The van der Waals surface area contributed by atoms with Gasteiger partial charge >= 0.3 is 0 Å². The zero-order valence-electron chi connectivity index (χ0n) is 12.1. The first-order chi connectivity index (χ1) is 10.2. The van der Waals surface area contributed by atoms with E-state index in [-0.39, 0.29) is 0 Å². The minimum atomic E-state index is 0.663. The third kappa shape index (κ3) is 2.45. The molecule has 1 N–H and O–H groups in total. The first kappa shape index (κ1) is 13.8. The van der Waals surface area contributed by atoms with Gasteiger partial charge in [-0.05, 0) is 42.4 Å². The van der Waals surface area contributed by atoms with E-state index in [4.69, 9.17) is 17.0 Å². The molecule has 0 bridgehead atoms. The lowest BCUT2D eigenvalue weighted by molar-refractivity contribution is 0.419. The zero-order chi connectivity index (χ0) is 14.8. The Morgan fingerprint density at radius 3 is 2.90 bits per heavy atom. The van der Waals surface area contributed by atoms with Crippen molar-refractivity contribution in [2.45, 2.75) is 19.9 Å². The molecule has 0 aliphatic carbocycles. The number of imidazole rings is 1. The highest BCUT2D eigenvalue weighted by atomic mass is 32.1. The fourth-order valence-electron chi connectivity index (χ4n) is 2.57. The maximum atomic E-state index is 5.46. The smallest absolute Gasteiger partial charge is 0.178 e. The molecule has 0 unspecified atom stereocenters. The number of aromatic nitrogens is 3. The van der Waals surface area contributed by atoms with Crippen LogP contribution in [0.25, 0.3) is 11.0 Å². The molecule has 5 heteroatoms. The van der Waals surface area contributed by atoms with E-state index in [2.05, 4.69) is 27.5 Å². The van der Waals surface area contributed by atoms with Gasteiger partial charge in [0.15, 0.2) is 4.77 Å². The second-order valence-corrected chi connectivity index (χ2v) is 5.22. The molecule has 3 rings (SSSR count). The van der Waals surface area contributed by atoms with E-state index in [1.807, 2.05) is 30.5 Å². The van der Waals surface area contributed by atoms with Gasteiger partial charge in [-0.25, -0.2) is 0 Å². The van der Waals surface area contributed by atoms with Crippen molar-refractivity contribution in [3.63, 3.8) is 0 Å². The number of para-hydroxylation sites is 1. The van der Waals surface area contributed by atoms with E-state index in [0.717, 1.165) is 28.9 Å². The molecular formula is C16H17N3OS. The van der Waals surface area contributed by atoms with Crippen molar-refractivity contribution in [3.05, 3.63) is 52.6 Å². The zero-order valence-corrected chi connectivity index (χ0v) is 12.9. The van der Waals surface area contributed by atoms with Crippen LogP contribution in [0.4, 0.5) is 0 Å². The molecular weight excluding hydrogens is 282 g/mol. The van der Waals surface area contributed by atoms with Crippen LogP contribution in [0, 0.1) is 4.77 Å². The normalized spacial score (nSPS) is 11.0. The Morgan fingerprint density at radius 1 is 1.29 bits per heavy atom. The number of aromatic amines is 1. The van der Waals surface area contributed by atoms with Crippen molar-refractivity contribution in [1.82, 2.24) is 14.5 Å². The van der Waals surface area contributed by atoms with Crippen LogP contribution in [0.1, 0.15) is 18.2 Å². The van der Waals surface area contributed by atoms with E-state index < -0.39 is 0 Å². The molecule has 1 aromatic carbocycles. The largest absolute Gasteiger partial charge is 0.494 e. The number of aryl methyl sites for hydroxylation is 1. The lowest BCUT2D eigenvalue weighted by Crippen LogP contribution is -2.05. The summed E-state index contributed by atoms with van der Waals surface area (Å²) in [5.74, 6) is 0.800. The van der Waals surface area contributed by atoms with Gasteiger partial charge in [-0.3, -0.25) is 4.98 Å². The summed E-state index contributed by atoms with van der Waals surface area (Å²) >= 11 is 5.46. The Hall–Kier alpha value is -2.14. The van der Waals surface area contributed by atoms with Crippen molar-refractivity contribution in [2.24, 2.45) is 0 Å². The number of rotatable bonds is 4. The summed E-state index contributed by atoms with van der Waals surface area (Å²) in [5, 5.41) is 0. The number of H-pyrrole nitrogens is 1. The van der Waals surface area contributed by atoms with E-state index >= 15 is 0 Å². The summed E-state index contributed by atoms with van der Waals surface area (Å²) in [6.45, 7) is 2.80. The van der Waals surface area contributed by atoms with E-state index in [0.29, 0.717) is 11.3 Å². The maximum absolute atomic E-state index is 5.46. The van der Waals surface area contributed by atoms with Crippen LogP contribution < -0.4 is 4.74 Å². The van der Waals surface area contributed by atoms with Gasteiger partial charge in [0.1, 0.15) is 11.3 Å². The molecule has 4 nitrogen and oxygen atoms in total. The number of benzene rings is 1. The summed E-state index contributed by atoms with van der Waals surface area (Å²) in [5.41, 5.74) is 4.27. The molecule has 2 aromatic heterocycles. The summed E-state index contributed by atoms with van der Waals surface area (Å²) < 4.78 is 8.13. The fraction of sp³-hybridized carbons (Fsp3) is 0.250. The highest BCUT2D eigenvalue weighted by Crippen LogP contribution is 2.25. The van der Waals surface area contributed by atoms with Gasteiger partial charge in [0, 0.05) is 6.20 Å². The van der Waals surface area contributed by atoms with Gasteiger partial charge in [0.2, 0.25) is 0 Å². The van der Waals surface area contributed by atoms with Gasteiger partial charge < -0.3 is 14.3 Å². The van der Waals surface area contributed by atoms with Crippen LogP contribution in [0.3, 0.4) is 0 Å². The van der Waals surface area contributed by atoms with Crippen LogP contribution in [0.2, 0.25) is 0 Å². The molecule has 0 fully saturated rings. The second kappa shape index (κ2) is 5.69. The lowest BCUT2D eigenvalue weighted by atomic mass is 10.1. The van der Waals surface area contributed by atoms with Crippen molar-refractivity contribution in [2.75, 3.05) is 7.11 Å². The van der Waals surface area contributed by atoms with E-state index in [9.17, 15) is 0 Å². The quantitative estimate of drug-likeness (QED) is 0.747. The Bertz CT molecular complexity index is 835. The molecule has 0 aliphatic heterocycles. The number of fused-ring (bicyclic) bond motifs is 1. The predicted octanol–water partition coefficient (Wildman–Crippen LogP) is 3.71. The Labute approximate surface area is 128 Å². The number of hydrogen-bond donors (Lipinski definition) is 1. The van der Waals surface area contributed by atoms with Gasteiger partial charge in [-0.1, -0.05) is 19.1 Å². The van der Waals surface area contributed by atoms with E-state index in [1.54, 1.807) is 7.11 Å². The summed E-state index contributed by atoms with van der Waals surface area (Å²) in [7, 11) is 1.66. The average Bonchev–Trinajstić information content (AvgIpc) is 2.84.